The number of fused-ring (bicyclic) bond motifs is 2. The van der Waals surface area contributed by atoms with Crippen LogP contribution in [0.25, 0.3) is 0 Å². The molecule has 1 aliphatic carbocycles. The van der Waals surface area contributed by atoms with Gasteiger partial charge in [-0.25, -0.2) is 0 Å². The Balaban J connectivity index is 1.42. The maximum Gasteiger partial charge on any atom is 0.296 e. The lowest BCUT2D eigenvalue weighted by Crippen LogP contribution is -2.30. The third kappa shape index (κ3) is 9.54. The van der Waals surface area contributed by atoms with Gasteiger partial charge in [-0.2, -0.15) is 16.8 Å². The average molecular weight is 747 g/mol. The number of carbonyl (C=O) groups is 2. The lowest BCUT2D eigenvalue weighted by atomic mass is 9.81. The minimum absolute atomic E-state index is 0.0726. The monoisotopic (exact) mass is 746 g/mol. The Bertz CT molecular complexity index is 1940. The minimum atomic E-state index is -3.95. The van der Waals surface area contributed by atoms with Crippen LogP contribution >= 0.6 is 0 Å². The number of carbonyl (C=O) groups excluding carboxylic acids is 2. The first kappa shape index (κ1) is 38.9. The molecule has 52 heavy (non-hydrogen) atoms. The molecule has 2 N–H and O–H groups in total. The predicted octanol–water partition coefficient (Wildman–Crippen LogP) is 7.71. The summed E-state index contributed by atoms with van der Waals surface area (Å²) >= 11 is 0. The Morgan fingerprint density at radius 2 is 0.865 bits per heavy atom. The maximum atomic E-state index is 14.2. The van der Waals surface area contributed by atoms with E-state index in [9.17, 15) is 26.4 Å². The van der Waals surface area contributed by atoms with E-state index in [2.05, 4.69) is 10.6 Å². The van der Waals surface area contributed by atoms with E-state index < -0.39 is 20.2 Å². The van der Waals surface area contributed by atoms with Gasteiger partial charge in [0.2, 0.25) is 0 Å². The van der Waals surface area contributed by atoms with E-state index in [-0.39, 0.29) is 69.6 Å². The van der Waals surface area contributed by atoms with Crippen molar-refractivity contribution >= 4 is 43.2 Å². The predicted molar refractivity (Wildman–Crippen MR) is 202 cm³/mol. The molecule has 4 aromatic rings. The van der Waals surface area contributed by atoms with Crippen molar-refractivity contribution in [3.05, 3.63) is 119 Å². The van der Waals surface area contributed by atoms with Crippen molar-refractivity contribution in [2.24, 2.45) is 11.8 Å². The number of anilines is 2. The normalized spacial score (nSPS) is 14.2. The van der Waals surface area contributed by atoms with Crippen molar-refractivity contribution in [2.75, 3.05) is 23.8 Å². The van der Waals surface area contributed by atoms with Crippen molar-refractivity contribution in [1.29, 1.82) is 0 Å². The highest BCUT2D eigenvalue weighted by molar-refractivity contribution is 7.87. The number of hydrogen-bond donors (Lipinski definition) is 2. The van der Waals surface area contributed by atoms with Gasteiger partial charge in [-0.1, -0.05) is 88.4 Å². The smallest absolute Gasteiger partial charge is 0.296 e. The second-order valence-corrected chi connectivity index (χ2v) is 17.0. The van der Waals surface area contributed by atoms with E-state index >= 15 is 0 Å². The molecule has 0 radical (unpaired) electrons. The summed E-state index contributed by atoms with van der Waals surface area (Å²) in [7, 11) is -7.91. The average Bonchev–Trinajstić information content (AvgIpc) is 3.11. The number of benzene rings is 4. The quantitative estimate of drug-likeness (QED) is 0.0856. The number of hydrogen-bond acceptors (Lipinski definition) is 10. The first-order chi connectivity index (χ1) is 24.8. The van der Waals surface area contributed by atoms with Gasteiger partial charge in [-0.3, -0.25) is 18.0 Å². The van der Waals surface area contributed by atoms with E-state index in [0.717, 1.165) is 0 Å². The molecule has 0 heterocycles. The zero-order valence-electron chi connectivity index (χ0n) is 29.9. The van der Waals surface area contributed by atoms with E-state index in [1.165, 1.54) is 24.3 Å². The summed E-state index contributed by atoms with van der Waals surface area (Å²) in [6, 6.07) is 25.6. The summed E-state index contributed by atoms with van der Waals surface area (Å²) in [4.78, 5) is 28.6. The molecule has 0 saturated carbocycles. The first-order valence-electron chi connectivity index (χ1n) is 17.5. The van der Waals surface area contributed by atoms with Crippen LogP contribution in [-0.2, 0) is 28.6 Å². The molecule has 0 bridgehead atoms. The standard InChI is InChI=1S/C40H46N2O8S2/c1-27(2)25-29(21-23-49-51(45,46)31-13-7-5-8-14-31)41-35-19-20-36(38-37(35)39(43)33-17-11-12-18-34(33)40(38)44)42-30(26-28(3)4)22-24-50-52(47,48)32-15-9-6-10-16-32/h5-20,27-30,41-42H,21-26H2,1-4H3/t29-,30-/m1/s1. The molecule has 0 aliphatic heterocycles. The lowest BCUT2D eigenvalue weighted by molar-refractivity contribution is 0.0980. The molecule has 0 amide bonds. The van der Waals surface area contributed by atoms with E-state index in [0.29, 0.717) is 48.2 Å². The van der Waals surface area contributed by atoms with Crippen LogP contribution in [0.4, 0.5) is 11.4 Å². The van der Waals surface area contributed by atoms with Gasteiger partial charge in [0.05, 0.1) is 34.1 Å². The molecular formula is C40H46N2O8S2. The molecule has 12 heteroatoms. The highest BCUT2D eigenvalue weighted by Gasteiger charge is 2.35. The molecular weight excluding hydrogens is 701 g/mol. The second-order valence-electron chi connectivity index (χ2n) is 13.8. The van der Waals surface area contributed by atoms with Crippen LogP contribution in [0.5, 0.6) is 0 Å². The molecule has 4 aromatic carbocycles. The van der Waals surface area contributed by atoms with Crippen molar-refractivity contribution in [3.8, 4) is 0 Å². The molecule has 10 nitrogen and oxygen atoms in total. The highest BCUT2D eigenvalue weighted by Crippen LogP contribution is 2.38. The fraction of sp³-hybridized carbons (Fsp3) is 0.350. The van der Waals surface area contributed by atoms with Gasteiger partial charge < -0.3 is 10.6 Å². The Labute approximate surface area is 307 Å². The van der Waals surface area contributed by atoms with Crippen LogP contribution in [0.1, 0.15) is 85.2 Å². The molecule has 0 aromatic heterocycles. The second kappa shape index (κ2) is 17.0. The maximum absolute atomic E-state index is 14.2. The van der Waals surface area contributed by atoms with Gasteiger partial charge in [-0.05, 0) is 73.9 Å². The molecule has 0 fully saturated rings. The van der Waals surface area contributed by atoms with Gasteiger partial charge in [0.25, 0.3) is 20.2 Å². The van der Waals surface area contributed by atoms with Gasteiger partial charge in [0, 0.05) is 34.6 Å². The fourth-order valence-electron chi connectivity index (χ4n) is 6.45. The van der Waals surface area contributed by atoms with Gasteiger partial charge >= 0.3 is 0 Å². The molecule has 0 spiro atoms. The van der Waals surface area contributed by atoms with Gasteiger partial charge in [-0.15, -0.1) is 0 Å². The summed E-state index contributed by atoms with van der Waals surface area (Å²) in [6.45, 7) is 8.03. The van der Waals surface area contributed by atoms with Crippen LogP contribution in [0.15, 0.2) is 107 Å². The largest absolute Gasteiger partial charge is 0.382 e. The van der Waals surface area contributed by atoms with Gasteiger partial charge in [0.1, 0.15) is 0 Å². The molecule has 2 atom stereocenters. The lowest BCUT2D eigenvalue weighted by Gasteiger charge is -2.29. The number of rotatable bonds is 18. The Morgan fingerprint density at radius 3 is 1.21 bits per heavy atom. The van der Waals surface area contributed by atoms with E-state index in [1.54, 1.807) is 72.8 Å². The summed E-state index contributed by atoms with van der Waals surface area (Å²) < 4.78 is 61.9. The number of nitrogens with one attached hydrogen (secondary N) is 2. The summed E-state index contributed by atoms with van der Waals surface area (Å²) in [5, 5.41) is 6.93. The summed E-state index contributed by atoms with van der Waals surface area (Å²) in [5.41, 5.74) is 1.98. The van der Waals surface area contributed by atoms with E-state index in [1.807, 2.05) is 27.7 Å². The van der Waals surface area contributed by atoms with Gasteiger partial charge in [0.15, 0.2) is 11.6 Å². The van der Waals surface area contributed by atoms with Crippen LogP contribution in [0.3, 0.4) is 0 Å². The Hall–Kier alpha value is -4.36. The molecule has 1 aliphatic rings. The van der Waals surface area contributed by atoms with Crippen molar-refractivity contribution in [1.82, 2.24) is 0 Å². The SMILES string of the molecule is CC(C)C[C@@H](CCOS(=O)(=O)c1ccccc1)Nc1ccc(N[C@H](CCOS(=O)(=O)c2ccccc2)CC(C)C)c2c1C(=O)c1ccccc1C2=O. The summed E-state index contributed by atoms with van der Waals surface area (Å²) in [6.07, 6.45) is 1.93. The Morgan fingerprint density at radius 1 is 0.519 bits per heavy atom. The zero-order valence-corrected chi connectivity index (χ0v) is 31.5. The first-order valence-corrected chi connectivity index (χ1v) is 20.4. The third-order valence-electron chi connectivity index (χ3n) is 8.78. The van der Waals surface area contributed by atoms with E-state index in [4.69, 9.17) is 8.37 Å². The highest BCUT2D eigenvalue weighted by atomic mass is 32.2. The van der Waals surface area contributed by atoms with Crippen LogP contribution < -0.4 is 10.6 Å². The third-order valence-corrected chi connectivity index (χ3v) is 11.4. The number of ketones is 2. The molecule has 276 valence electrons. The van der Waals surface area contributed by atoms with Crippen molar-refractivity contribution in [3.63, 3.8) is 0 Å². The zero-order chi connectivity index (χ0) is 37.5. The van der Waals surface area contributed by atoms with Crippen molar-refractivity contribution < 1.29 is 34.8 Å². The van der Waals surface area contributed by atoms with Crippen molar-refractivity contribution in [2.45, 2.75) is 75.3 Å². The molecule has 0 unspecified atom stereocenters. The van der Waals surface area contributed by atoms with Crippen LogP contribution in [-0.4, -0.2) is 53.7 Å². The summed E-state index contributed by atoms with van der Waals surface area (Å²) in [5.74, 6) is -0.161. The van der Waals surface area contributed by atoms with Crippen LogP contribution in [0, 0.1) is 11.8 Å². The molecule has 0 saturated heterocycles. The fourth-order valence-corrected chi connectivity index (χ4v) is 8.33. The van der Waals surface area contributed by atoms with Crippen LogP contribution in [0.2, 0.25) is 0 Å². The Kier molecular flexibility index (Phi) is 12.7. The molecule has 5 rings (SSSR count). The minimum Gasteiger partial charge on any atom is -0.382 e. The topological polar surface area (TPSA) is 145 Å².